The molecule has 0 aliphatic heterocycles. The van der Waals surface area contributed by atoms with Gasteiger partial charge in [0.15, 0.2) is 0 Å². The van der Waals surface area contributed by atoms with Crippen molar-refractivity contribution in [2.45, 2.75) is 33.1 Å². The SMILES string of the molecule is CC(=O)Nc1ccc(NCC(=O)Nc2ccccc2C(C)(C)C)cc1. The lowest BCUT2D eigenvalue weighted by Gasteiger charge is -2.23. The average Bonchev–Trinajstić information content (AvgIpc) is 2.53. The molecule has 2 aromatic rings. The van der Waals surface area contributed by atoms with Gasteiger partial charge in [0.05, 0.1) is 6.54 Å². The standard InChI is InChI=1S/C20H25N3O2/c1-14(24)22-16-11-9-15(10-12-16)21-13-19(25)23-18-8-6-5-7-17(18)20(2,3)4/h5-12,21H,13H2,1-4H3,(H,22,24)(H,23,25). The Labute approximate surface area is 148 Å². The summed E-state index contributed by atoms with van der Waals surface area (Å²) in [6, 6.07) is 15.1. The first-order valence-electron chi connectivity index (χ1n) is 8.26. The van der Waals surface area contributed by atoms with Gasteiger partial charge in [-0.25, -0.2) is 0 Å². The summed E-state index contributed by atoms with van der Waals surface area (Å²) in [6.45, 7) is 7.98. The van der Waals surface area contributed by atoms with Crippen LogP contribution < -0.4 is 16.0 Å². The van der Waals surface area contributed by atoms with E-state index in [1.165, 1.54) is 6.92 Å². The number of para-hydroxylation sites is 1. The molecule has 2 amide bonds. The maximum Gasteiger partial charge on any atom is 0.243 e. The average molecular weight is 339 g/mol. The Kier molecular flexibility index (Phi) is 5.80. The molecule has 0 aliphatic carbocycles. The van der Waals surface area contributed by atoms with E-state index >= 15 is 0 Å². The van der Waals surface area contributed by atoms with Gasteiger partial charge in [-0.2, -0.15) is 0 Å². The molecule has 0 bridgehead atoms. The van der Waals surface area contributed by atoms with Gasteiger partial charge in [0.1, 0.15) is 0 Å². The molecule has 0 aliphatic rings. The second-order valence-electron chi connectivity index (χ2n) is 6.96. The molecule has 5 heteroatoms. The van der Waals surface area contributed by atoms with Gasteiger partial charge in [-0.05, 0) is 41.3 Å². The molecule has 0 heterocycles. The largest absolute Gasteiger partial charge is 0.376 e. The van der Waals surface area contributed by atoms with E-state index in [9.17, 15) is 9.59 Å². The fourth-order valence-corrected chi connectivity index (χ4v) is 2.50. The number of carbonyl (C=O) groups excluding carboxylic acids is 2. The molecule has 0 unspecified atom stereocenters. The summed E-state index contributed by atoms with van der Waals surface area (Å²) in [4.78, 5) is 23.3. The van der Waals surface area contributed by atoms with Gasteiger partial charge in [0.25, 0.3) is 0 Å². The Balaban J connectivity index is 1.94. The molecular weight excluding hydrogens is 314 g/mol. The number of rotatable bonds is 5. The molecule has 0 spiro atoms. The van der Waals surface area contributed by atoms with Crippen LogP contribution in [0.25, 0.3) is 0 Å². The third-order valence-corrected chi connectivity index (χ3v) is 3.67. The molecule has 5 nitrogen and oxygen atoms in total. The smallest absolute Gasteiger partial charge is 0.243 e. The van der Waals surface area contributed by atoms with Crippen molar-refractivity contribution in [3.8, 4) is 0 Å². The van der Waals surface area contributed by atoms with E-state index in [1.54, 1.807) is 12.1 Å². The van der Waals surface area contributed by atoms with Crippen LogP contribution in [0.3, 0.4) is 0 Å². The fourth-order valence-electron chi connectivity index (χ4n) is 2.50. The summed E-state index contributed by atoms with van der Waals surface area (Å²) in [5, 5.41) is 8.75. The van der Waals surface area contributed by atoms with Crippen LogP contribution in [0.1, 0.15) is 33.3 Å². The Morgan fingerprint density at radius 3 is 2.08 bits per heavy atom. The zero-order valence-corrected chi connectivity index (χ0v) is 15.1. The molecule has 2 aromatic carbocycles. The normalized spacial score (nSPS) is 10.9. The number of hydrogen-bond acceptors (Lipinski definition) is 3. The van der Waals surface area contributed by atoms with Crippen molar-refractivity contribution in [3.05, 3.63) is 54.1 Å². The molecule has 0 atom stereocenters. The summed E-state index contributed by atoms with van der Waals surface area (Å²) in [7, 11) is 0. The van der Waals surface area contributed by atoms with E-state index in [2.05, 4.69) is 36.7 Å². The van der Waals surface area contributed by atoms with Crippen molar-refractivity contribution in [3.63, 3.8) is 0 Å². The second-order valence-corrected chi connectivity index (χ2v) is 6.96. The third-order valence-electron chi connectivity index (χ3n) is 3.67. The minimum atomic E-state index is -0.113. The second kappa shape index (κ2) is 7.83. The van der Waals surface area contributed by atoms with E-state index in [-0.39, 0.29) is 23.8 Å². The highest BCUT2D eigenvalue weighted by atomic mass is 16.2. The third kappa shape index (κ3) is 5.64. The van der Waals surface area contributed by atoms with Gasteiger partial charge in [-0.3, -0.25) is 9.59 Å². The number of hydrogen-bond donors (Lipinski definition) is 3. The van der Waals surface area contributed by atoms with Gasteiger partial charge in [0.2, 0.25) is 11.8 Å². The molecule has 25 heavy (non-hydrogen) atoms. The van der Waals surface area contributed by atoms with Crippen LogP contribution in [0.15, 0.2) is 48.5 Å². The zero-order valence-electron chi connectivity index (χ0n) is 15.1. The fraction of sp³-hybridized carbons (Fsp3) is 0.300. The van der Waals surface area contributed by atoms with Crippen LogP contribution in [0.4, 0.5) is 17.1 Å². The van der Waals surface area contributed by atoms with E-state index in [4.69, 9.17) is 0 Å². The number of benzene rings is 2. The molecular formula is C20H25N3O2. The first kappa shape index (κ1) is 18.5. The molecule has 3 N–H and O–H groups in total. The van der Waals surface area contributed by atoms with Crippen molar-refractivity contribution in [1.82, 2.24) is 0 Å². The lowest BCUT2D eigenvalue weighted by Crippen LogP contribution is -2.24. The van der Waals surface area contributed by atoms with Gasteiger partial charge >= 0.3 is 0 Å². The highest BCUT2D eigenvalue weighted by molar-refractivity contribution is 5.94. The Morgan fingerprint density at radius 2 is 1.48 bits per heavy atom. The van der Waals surface area contributed by atoms with Gasteiger partial charge in [-0.15, -0.1) is 0 Å². The van der Waals surface area contributed by atoms with Crippen LogP contribution >= 0.6 is 0 Å². The van der Waals surface area contributed by atoms with Gasteiger partial charge in [0, 0.05) is 24.0 Å². The first-order chi connectivity index (χ1) is 11.8. The predicted molar refractivity (Wildman–Crippen MR) is 103 cm³/mol. The number of carbonyl (C=O) groups is 2. The highest BCUT2D eigenvalue weighted by Crippen LogP contribution is 2.29. The molecule has 2 rings (SSSR count). The molecule has 132 valence electrons. The quantitative estimate of drug-likeness (QED) is 0.771. The topological polar surface area (TPSA) is 70.2 Å². The zero-order chi connectivity index (χ0) is 18.4. The molecule has 0 radical (unpaired) electrons. The van der Waals surface area contributed by atoms with Crippen LogP contribution in [-0.2, 0) is 15.0 Å². The van der Waals surface area contributed by atoms with Crippen molar-refractivity contribution < 1.29 is 9.59 Å². The monoisotopic (exact) mass is 339 g/mol. The van der Waals surface area contributed by atoms with Crippen molar-refractivity contribution in [2.24, 2.45) is 0 Å². The van der Waals surface area contributed by atoms with E-state index < -0.39 is 0 Å². The summed E-state index contributed by atoms with van der Waals surface area (Å²) in [5.41, 5.74) is 3.43. The van der Waals surface area contributed by atoms with Crippen molar-refractivity contribution in [1.29, 1.82) is 0 Å². The molecule has 0 saturated heterocycles. The lowest BCUT2D eigenvalue weighted by molar-refractivity contribution is -0.115. The predicted octanol–water partition coefficient (Wildman–Crippen LogP) is 3.99. The maximum absolute atomic E-state index is 12.2. The summed E-state index contributed by atoms with van der Waals surface area (Å²) < 4.78 is 0. The summed E-state index contributed by atoms with van der Waals surface area (Å²) >= 11 is 0. The minimum Gasteiger partial charge on any atom is -0.376 e. The highest BCUT2D eigenvalue weighted by Gasteiger charge is 2.18. The number of amides is 2. The first-order valence-corrected chi connectivity index (χ1v) is 8.26. The number of nitrogens with one attached hydrogen (secondary N) is 3. The minimum absolute atomic E-state index is 0.0448. The van der Waals surface area contributed by atoms with E-state index in [0.717, 1.165) is 22.6 Å². The maximum atomic E-state index is 12.2. The van der Waals surface area contributed by atoms with Crippen LogP contribution in [0.5, 0.6) is 0 Å². The van der Waals surface area contributed by atoms with Crippen molar-refractivity contribution in [2.75, 3.05) is 22.5 Å². The number of anilines is 3. The van der Waals surface area contributed by atoms with Gasteiger partial charge in [-0.1, -0.05) is 39.0 Å². The summed E-state index contributed by atoms with van der Waals surface area (Å²) in [5.74, 6) is -0.222. The Hall–Kier alpha value is -2.82. The Bertz CT molecular complexity index is 746. The van der Waals surface area contributed by atoms with Crippen molar-refractivity contribution >= 4 is 28.9 Å². The van der Waals surface area contributed by atoms with Gasteiger partial charge < -0.3 is 16.0 Å². The lowest BCUT2D eigenvalue weighted by atomic mass is 9.86. The van der Waals surface area contributed by atoms with E-state index in [1.807, 2.05) is 36.4 Å². The van der Waals surface area contributed by atoms with E-state index in [0.29, 0.717) is 0 Å². The molecule has 0 aromatic heterocycles. The molecule has 0 fully saturated rings. The van der Waals surface area contributed by atoms with Crippen LogP contribution in [0, 0.1) is 0 Å². The summed E-state index contributed by atoms with van der Waals surface area (Å²) in [6.07, 6.45) is 0. The van der Waals surface area contributed by atoms with Crippen LogP contribution in [-0.4, -0.2) is 18.4 Å². The Morgan fingerprint density at radius 1 is 0.880 bits per heavy atom. The van der Waals surface area contributed by atoms with Crippen LogP contribution in [0.2, 0.25) is 0 Å². The molecule has 0 saturated carbocycles.